The monoisotopic (exact) mass is 356 g/mol. The number of nitrogens with zero attached hydrogens (tertiary/aromatic N) is 1. The van der Waals surface area contributed by atoms with Gasteiger partial charge in [-0.05, 0) is 42.5 Å². The molecule has 6 nitrogen and oxygen atoms in total. The number of thiocarbonyl (C=S) groups is 1. The van der Waals surface area contributed by atoms with Gasteiger partial charge in [0.25, 0.3) is 5.69 Å². The Bertz CT molecular complexity index is 710. The van der Waals surface area contributed by atoms with E-state index in [4.69, 9.17) is 35.4 Å². The Morgan fingerprint density at radius 2 is 1.82 bits per heavy atom. The Labute approximate surface area is 141 Å². The van der Waals surface area contributed by atoms with E-state index in [1.807, 2.05) is 0 Å². The Morgan fingerprint density at radius 3 is 2.45 bits per heavy atom. The van der Waals surface area contributed by atoms with Crippen LogP contribution in [0.3, 0.4) is 0 Å². The molecule has 2 aromatic carbocycles. The van der Waals surface area contributed by atoms with Gasteiger partial charge in [0.05, 0.1) is 21.3 Å². The largest absolute Gasteiger partial charge is 0.330 e. The second kappa shape index (κ2) is 7.26. The van der Waals surface area contributed by atoms with Gasteiger partial charge in [-0.1, -0.05) is 23.2 Å². The third kappa shape index (κ3) is 4.45. The summed E-state index contributed by atoms with van der Waals surface area (Å²) in [5.74, 6) is 0. The Hall–Kier alpha value is -2.09. The molecule has 22 heavy (non-hydrogen) atoms. The molecule has 2 rings (SSSR count). The molecule has 0 aromatic heterocycles. The van der Waals surface area contributed by atoms with E-state index in [-0.39, 0.29) is 10.8 Å². The number of halogens is 2. The lowest BCUT2D eigenvalue weighted by molar-refractivity contribution is -0.384. The number of non-ortho nitro benzene ring substituents is 1. The topological polar surface area (TPSA) is 79.2 Å². The third-order valence-electron chi connectivity index (χ3n) is 2.57. The maximum absolute atomic E-state index is 10.8. The van der Waals surface area contributed by atoms with Crippen LogP contribution in [0.5, 0.6) is 0 Å². The molecule has 0 amide bonds. The van der Waals surface area contributed by atoms with Crippen LogP contribution in [-0.4, -0.2) is 10.0 Å². The summed E-state index contributed by atoms with van der Waals surface area (Å²) in [5.41, 5.74) is 6.61. The number of benzene rings is 2. The van der Waals surface area contributed by atoms with Crippen LogP contribution in [-0.2, 0) is 0 Å². The van der Waals surface area contributed by atoms with Crippen LogP contribution in [0, 0.1) is 10.1 Å². The SMILES string of the molecule is O=[N+]([O-])c1ccc(Cl)c(NC(=S)NNc2ccc(Cl)cc2)c1. The molecule has 0 fully saturated rings. The molecular weight excluding hydrogens is 347 g/mol. The molecule has 0 aliphatic heterocycles. The Kier molecular flexibility index (Phi) is 5.37. The molecule has 0 bridgehead atoms. The van der Waals surface area contributed by atoms with E-state index in [9.17, 15) is 10.1 Å². The first kappa shape index (κ1) is 16.3. The molecule has 2 aromatic rings. The van der Waals surface area contributed by atoms with Gasteiger partial charge in [-0.3, -0.25) is 21.0 Å². The van der Waals surface area contributed by atoms with Crippen LogP contribution in [0.2, 0.25) is 10.0 Å². The second-order valence-electron chi connectivity index (χ2n) is 4.13. The van der Waals surface area contributed by atoms with Gasteiger partial charge in [0.1, 0.15) is 0 Å². The first-order chi connectivity index (χ1) is 10.5. The molecule has 0 aliphatic carbocycles. The maximum Gasteiger partial charge on any atom is 0.271 e. The van der Waals surface area contributed by atoms with Gasteiger partial charge in [0.2, 0.25) is 0 Å². The lowest BCUT2D eigenvalue weighted by Gasteiger charge is -2.13. The van der Waals surface area contributed by atoms with Crippen LogP contribution >= 0.6 is 35.4 Å². The predicted molar refractivity (Wildman–Crippen MR) is 92.5 cm³/mol. The summed E-state index contributed by atoms with van der Waals surface area (Å²) >= 11 is 16.8. The van der Waals surface area contributed by atoms with Gasteiger partial charge < -0.3 is 5.32 Å². The fourth-order valence-electron chi connectivity index (χ4n) is 1.54. The highest BCUT2D eigenvalue weighted by Gasteiger charge is 2.10. The number of nitro groups is 1. The van der Waals surface area contributed by atoms with Crippen molar-refractivity contribution in [3.8, 4) is 0 Å². The summed E-state index contributed by atoms with van der Waals surface area (Å²) in [5, 5.41) is 14.7. The van der Waals surface area contributed by atoms with Crippen molar-refractivity contribution in [1.82, 2.24) is 5.43 Å². The van der Waals surface area contributed by atoms with Gasteiger partial charge in [-0.15, -0.1) is 0 Å². The van der Waals surface area contributed by atoms with Gasteiger partial charge in [-0.2, -0.15) is 0 Å². The van der Waals surface area contributed by atoms with Crippen molar-refractivity contribution in [2.24, 2.45) is 0 Å². The van der Waals surface area contributed by atoms with E-state index < -0.39 is 4.92 Å². The fraction of sp³-hybridized carbons (Fsp3) is 0. The number of hydrazine groups is 1. The molecule has 0 unspecified atom stereocenters. The van der Waals surface area contributed by atoms with Crippen molar-refractivity contribution in [3.63, 3.8) is 0 Å². The normalized spacial score (nSPS) is 9.91. The molecule has 0 atom stereocenters. The molecule has 3 N–H and O–H groups in total. The first-order valence-corrected chi connectivity index (χ1v) is 7.14. The predicted octanol–water partition coefficient (Wildman–Crippen LogP) is 4.22. The summed E-state index contributed by atoms with van der Waals surface area (Å²) in [6.07, 6.45) is 0. The van der Waals surface area contributed by atoms with Crippen molar-refractivity contribution in [3.05, 3.63) is 62.6 Å². The summed E-state index contributed by atoms with van der Waals surface area (Å²) < 4.78 is 0. The Balaban J connectivity index is 1.98. The van der Waals surface area contributed by atoms with Crippen molar-refractivity contribution in [1.29, 1.82) is 0 Å². The lowest BCUT2D eigenvalue weighted by Crippen LogP contribution is -2.33. The van der Waals surface area contributed by atoms with Crippen LogP contribution in [0.1, 0.15) is 0 Å². The van der Waals surface area contributed by atoms with Crippen LogP contribution in [0.15, 0.2) is 42.5 Å². The highest BCUT2D eigenvalue weighted by Crippen LogP contribution is 2.26. The fourth-order valence-corrected chi connectivity index (χ4v) is 1.99. The molecule has 0 saturated heterocycles. The maximum atomic E-state index is 10.8. The second-order valence-corrected chi connectivity index (χ2v) is 5.38. The summed E-state index contributed by atoms with van der Waals surface area (Å²) in [6, 6.07) is 11.0. The smallest absolute Gasteiger partial charge is 0.271 e. The van der Waals surface area contributed by atoms with E-state index >= 15 is 0 Å². The minimum atomic E-state index is -0.510. The van der Waals surface area contributed by atoms with Crippen molar-refractivity contribution in [2.75, 3.05) is 10.7 Å². The zero-order chi connectivity index (χ0) is 16.1. The van der Waals surface area contributed by atoms with E-state index in [0.717, 1.165) is 5.69 Å². The number of hydrogen-bond donors (Lipinski definition) is 3. The zero-order valence-electron chi connectivity index (χ0n) is 11.0. The van der Waals surface area contributed by atoms with Crippen LogP contribution < -0.4 is 16.2 Å². The van der Waals surface area contributed by atoms with E-state index in [2.05, 4.69) is 16.2 Å². The molecule has 0 heterocycles. The quantitative estimate of drug-likeness (QED) is 0.432. The van der Waals surface area contributed by atoms with Crippen LogP contribution in [0.4, 0.5) is 17.1 Å². The minimum absolute atomic E-state index is 0.0830. The molecule has 0 spiro atoms. The lowest BCUT2D eigenvalue weighted by atomic mass is 10.3. The van der Waals surface area contributed by atoms with Gasteiger partial charge in [0, 0.05) is 17.2 Å². The van der Waals surface area contributed by atoms with Gasteiger partial charge >= 0.3 is 0 Å². The standard InChI is InChI=1S/C13H10Cl2N4O2S/c14-8-1-3-9(4-2-8)17-18-13(22)16-12-7-10(19(20)21)5-6-11(12)15/h1-7,17H,(H2,16,18,22). The average Bonchev–Trinajstić information content (AvgIpc) is 2.48. The van der Waals surface area contributed by atoms with Crippen molar-refractivity contribution in [2.45, 2.75) is 0 Å². The van der Waals surface area contributed by atoms with E-state index in [1.165, 1.54) is 18.2 Å². The summed E-state index contributed by atoms with van der Waals surface area (Å²) in [6.45, 7) is 0. The molecule has 114 valence electrons. The molecular formula is C13H10Cl2N4O2S. The van der Waals surface area contributed by atoms with Gasteiger partial charge in [-0.25, -0.2) is 0 Å². The highest BCUT2D eigenvalue weighted by molar-refractivity contribution is 7.80. The number of nitrogens with one attached hydrogen (secondary N) is 3. The molecule has 9 heteroatoms. The van der Waals surface area contributed by atoms with Gasteiger partial charge in [0.15, 0.2) is 5.11 Å². The average molecular weight is 357 g/mol. The van der Waals surface area contributed by atoms with Crippen molar-refractivity contribution >= 4 is 57.6 Å². The molecule has 0 aliphatic rings. The number of hydrogen-bond acceptors (Lipinski definition) is 4. The number of nitro benzene ring substituents is 1. The van der Waals surface area contributed by atoms with Crippen LogP contribution in [0.25, 0.3) is 0 Å². The number of anilines is 2. The molecule has 0 radical (unpaired) electrons. The Morgan fingerprint density at radius 1 is 1.14 bits per heavy atom. The summed E-state index contributed by atoms with van der Waals surface area (Å²) in [7, 11) is 0. The summed E-state index contributed by atoms with van der Waals surface area (Å²) in [4.78, 5) is 10.2. The zero-order valence-corrected chi connectivity index (χ0v) is 13.3. The molecule has 0 saturated carbocycles. The van der Waals surface area contributed by atoms with E-state index in [0.29, 0.717) is 15.7 Å². The van der Waals surface area contributed by atoms with E-state index in [1.54, 1.807) is 24.3 Å². The third-order valence-corrected chi connectivity index (χ3v) is 3.36. The minimum Gasteiger partial charge on any atom is -0.330 e. The van der Waals surface area contributed by atoms with Crippen molar-refractivity contribution < 1.29 is 4.92 Å². The number of rotatable bonds is 4. The highest BCUT2D eigenvalue weighted by atomic mass is 35.5. The first-order valence-electron chi connectivity index (χ1n) is 5.98.